The van der Waals surface area contributed by atoms with Crippen molar-refractivity contribution in [3.8, 4) is 11.4 Å². The summed E-state index contributed by atoms with van der Waals surface area (Å²) in [6, 6.07) is 14.6. The van der Waals surface area contributed by atoms with Crippen LogP contribution in [-0.2, 0) is 11.3 Å². The van der Waals surface area contributed by atoms with E-state index in [0.717, 1.165) is 22.5 Å². The summed E-state index contributed by atoms with van der Waals surface area (Å²) in [6.07, 6.45) is 0. The molecule has 8 nitrogen and oxygen atoms in total. The zero-order chi connectivity index (χ0) is 23.7. The van der Waals surface area contributed by atoms with Crippen LogP contribution in [0.3, 0.4) is 0 Å². The van der Waals surface area contributed by atoms with Gasteiger partial charge in [0.15, 0.2) is 5.52 Å². The van der Waals surface area contributed by atoms with Gasteiger partial charge in [-0.3, -0.25) is 9.59 Å². The molecule has 170 valence electrons. The number of hydrogen-bond acceptors (Lipinski definition) is 5. The van der Waals surface area contributed by atoms with Gasteiger partial charge in [-0.2, -0.15) is 10.2 Å². The van der Waals surface area contributed by atoms with Crippen LogP contribution in [0.2, 0.25) is 0 Å². The van der Waals surface area contributed by atoms with E-state index in [1.807, 2.05) is 69.3 Å². The fourth-order valence-electron chi connectivity index (χ4n) is 3.94. The van der Waals surface area contributed by atoms with Crippen molar-refractivity contribution < 1.29 is 9.53 Å². The number of fused-ring (bicyclic) bond motifs is 1. The van der Waals surface area contributed by atoms with Crippen LogP contribution in [0.15, 0.2) is 53.3 Å². The molecule has 0 unspecified atom stereocenters. The Hall–Kier alpha value is -3.94. The Bertz CT molecular complexity index is 1390. The summed E-state index contributed by atoms with van der Waals surface area (Å²) in [6.45, 7) is 7.69. The van der Waals surface area contributed by atoms with Crippen molar-refractivity contribution in [2.75, 3.05) is 7.11 Å². The predicted octanol–water partition coefficient (Wildman–Crippen LogP) is 3.39. The lowest BCUT2D eigenvalue weighted by molar-refractivity contribution is -0.124. The highest BCUT2D eigenvalue weighted by Crippen LogP contribution is 2.22. The van der Waals surface area contributed by atoms with E-state index in [1.54, 1.807) is 18.7 Å². The van der Waals surface area contributed by atoms with Crippen molar-refractivity contribution in [3.63, 3.8) is 0 Å². The Morgan fingerprint density at radius 1 is 1.06 bits per heavy atom. The van der Waals surface area contributed by atoms with Crippen LogP contribution >= 0.6 is 0 Å². The van der Waals surface area contributed by atoms with Crippen molar-refractivity contribution in [3.05, 3.63) is 81.4 Å². The summed E-state index contributed by atoms with van der Waals surface area (Å²) in [7, 11) is 1.59. The number of ether oxygens (including phenoxy) is 1. The lowest BCUT2D eigenvalue weighted by Crippen LogP contribution is -2.37. The summed E-state index contributed by atoms with van der Waals surface area (Å²) in [5, 5.41) is 12.6. The summed E-state index contributed by atoms with van der Waals surface area (Å²) >= 11 is 0. The van der Waals surface area contributed by atoms with E-state index >= 15 is 0 Å². The molecule has 2 aromatic heterocycles. The fourth-order valence-corrected chi connectivity index (χ4v) is 3.94. The van der Waals surface area contributed by atoms with Gasteiger partial charge in [-0.15, -0.1) is 0 Å². The average Bonchev–Trinajstić information content (AvgIpc) is 3.18. The molecule has 2 aromatic carbocycles. The van der Waals surface area contributed by atoms with E-state index in [-0.39, 0.29) is 12.5 Å². The highest BCUT2D eigenvalue weighted by atomic mass is 16.5. The first-order chi connectivity index (χ1) is 15.8. The minimum absolute atomic E-state index is 0.282. The highest BCUT2D eigenvalue weighted by Gasteiger charge is 2.23. The number of aromatic nitrogens is 4. The number of nitrogens with zero attached hydrogens (tertiary/aromatic N) is 4. The van der Waals surface area contributed by atoms with E-state index in [4.69, 9.17) is 4.74 Å². The molecule has 0 aliphatic heterocycles. The van der Waals surface area contributed by atoms with Crippen molar-refractivity contribution in [1.29, 1.82) is 0 Å². The molecule has 0 saturated heterocycles. The second-order valence-corrected chi connectivity index (χ2v) is 8.10. The number of para-hydroxylation sites is 1. The number of aryl methyl sites for hydroxylation is 3. The SMILES string of the molecule is COc1ccccc1CNC(=O)[C@H](C)n1nc(C)c2c(C)n(-c3ccc(C)cc3)nc2c1=O. The molecule has 33 heavy (non-hydrogen) atoms. The highest BCUT2D eigenvalue weighted by molar-refractivity contribution is 5.84. The lowest BCUT2D eigenvalue weighted by Gasteiger charge is -2.15. The molecule has 0 bridgehead atoms. The number of carbonyl (C=O) groups excluding carboxylic acids is 1. The van der Waals surface area contributed by atoms with Crippen molar-refractivity contribution in [2.45, 2.75) is 40.3 Å². The lowest BCUT2D eigenvalue weighted by atomic mass is 10.2. The van der Waals surface area contributed by atoms with E-state index in [1.165, 1.54) is 4.68 Å². The molecule has 0 spiro atoms. The van der Waals surface area contributed by atoms with Crippen LogP contribution in [-0.4, -0.2) is 32.6 Å². The molecule has 0 aliphatic carbocycles. The van der Waals surface area contributed by atoms with Crippen LogP contribution in [0.25, 0.3) is 16.6 Å². The smallest absolute Gasteiger partial charge is 0.295 e. The van der Waals surface area contributed by atoms with Crippen LogP contribution in [0, 0.1) is 20.8 Å². The van der Waals surface area contributed by atoms with Gasteiger partial charge in [0, 0.05) is 12.1 Å². The van der Waals surface area contributed by atoms with Crippen molar-refractivity contribution in [2.24, 2.45) is 0 Å². The summed E-state index contributed by atoms with van der Waals surface area (Å²) in [5.74, 6) is 0.374. The number of hydrogen-bond donors (Lipinski definition) is 1. The first-order valence-electron chi connectivity index (χ1n) is 10.8. The van der Waals surface area contributed by atoms with Crippen LogP contribution in [0.1, 0.15) is 35.5 Å². The first kappa shape index (κ1) is 22.3. The Balaban J connectivity index is 1.66. The van der Waals surface area contributed by atoms with Gasteiger partial charge in [0.1, 0.15) is 11.8 Å². The Labute approximate surface area is 191 Å². The normalized spacial score (nSPS) is 12.0. The largest absolute Gasteiger partial charge is 0.496 e. The first-order valence-corrected chi connectivity index (χ1v) is 10.8. The van der Waals surface area contributed by atoms with Gasteiger partial charge in [0.25, 0.3) is 5.56 Å². The van der Waals surface area contributed by atoms with Gasteiger partial charge in [-0.25, -0.2) is 9.36 Å². The van der Waals surface area contributed by atoms with Gasteiger partial charge in [0.2, 0.25) is 5.91 Å². The molecule has 1 N–H and O–H groups in total. The topological polar surface area (TPSA) is 91.0 Å². The third kappa shape index (κ3) is 4.11. The second-order valence-electron chi connectivity index (χ2n) is 8.10. The number of amides is 1. The van der Waals surface area contributed by atoms with Gasteiger partial charge in [-0.05, 0) is 45.9 Å². The molecule has 4 rings (SSSR count). The van der Waals surface area contributed by atoms with E-state index in [0.29, 0.717) is 22.3 Å². The van der Waals surface area contributed by atoms with E-state index in [2.05, 4.69) is 15.5 Å². The third-order valence-corrected chi connectivity index (χ3v) is 5.82. The Morgan fingerprint density at radius 2 is 1.76 bits per heavy atom. The zero-order valence-corrected chi connectivity index (χ0v) is 19.4. The summed E-state index contributed by atoms with van der Waals surface area (Å²) < 4.78 is 8.29. The Morgan fingerprint density at radius 3 is 2.45 bits per heavy atom. The third-order valence-electron chi connectivity index (χ3n) is 5.82. The zero-order valence-electron chi connectivity index (χ0n) is 19.4. The number of carbonyl (C=O) groups is 1. The predicted molar refractivity (Wildman–Crippen MR) is 127 cm³/mol. The Kier molecular flexibility index (Phi) is 6.00. The van der Waals surface area contributed by atoms with Crippen molar-refractivity contribution >= 4 is 16.8 Å². The fraction of sp³-hybridized carbons (Fsp3) is 0.280. The molecule has 0 aliphatic rings. The van der Waals surface area contributed by atoms with E-state index < -0.39 is 11.6 Å². The molecule has 1 atom stereocenters. The molecule has 1 amide bonds. The maximum Gasteiger partial charge on any atom is 0.295 e. The molecule has 0 fully saturated rings. The van der Waals surface area contributed by atoms with E-state index in [9.17, 15) is 9.59 Å². The summed E-state index contributed by atoms with van der Waals surface area (Å²) in [4.78, 5) is 26.1. The second kappa shape index (κ2) is 8.90. The molecule has 8 heteroatoms. The number of rotatable bonds is 6. The van der Waals surface area contributed by atoms with Crippen LogP contribution in [0.4, 0.5) is 0 Å². The minimum Gasteiger partial charge on any atom is -0.496 e. The van der Waals surface area contributed by atoms with Gasteiger partial charge in [-0.1, -0.05) is 35.9 Å². The molecule has 0 radical (unpaired) electrons. The minimum atomic E-state index is -0.805. The molecule has 0 saturated carbocycles. The summed E-state index contributed by atoms with van der Waals surface area (Å²) in [5.41, 5.74) is 4.22. The monoisotopic (exact) mass is 445 g/mol. The maximum atomic E-state index is 13.3. The molecule has 2 heterocycles. The molecular weight excluding hydrogens is 418 g/mol. The number of nitrogens with one attached hydrogen (secondary N) is 1. The van der Waals surface area contributed by atoms with Crippen LogP contribution < -0.4 is 15.6 Å². The van der Waals surface area contributed by atoms with Crippen LogP contribution in [0.5, 0.6) is 5.75 Å². The molecule has 4 aromatic rings. The van der Waals surface area contributed by atoms with Crippen molar-refractivity contribution in [1.82, 2.24) is 24.9 Å². The number of methoxy groups -OCH3 is 1. The average molecular weight is 446 g/mol. The standard InChI is InChI=1S/C25H27N5O3/c1-15-10-12-20(13-11-15)29-17(3)22-16(2)27-30(25(32)23(22)28-29)18(4)24(31)26-14-19-8-6-7-9-21(19)33-5/h6-13,18H,14H2,1-5H3,(H,26,31)/t18-/m0/s1. The quantitative estimate of drug-likeness (QED) is 0.491. The van der Waals surface area contributed by atoms with Gasteiger partial charge < -0.3 is 10.1 Å². The van der Waals surface area contributed by atoms with Gasteiger partial charge in [0.05, 0.1) is 29.6 Å². The number of benzene rings is 2. The van der Waals surface area contributed by atoms with Gasteiger partial charge >= 0.3 is 0 Å². The molecular formula is C25H27N5O3. The maximum absolute atomic E-state index is 13.3.